The molecule has 0 saturated heterocycles. The quantitative estimate of drug-likeness (QED) is 0.310. The van der Waals surface area contributed by atoms with Gasteiger partial charge >= 0.3 is 6.18 Å². The van der Waals surface area contributed by atoms with Crippen molar-refractivity contribution < 1.29 is 37.0 Å². The number of hydrogen-bond acceptors (Lipinski definition) is 5. The van der Waals surface area contributed by atoms with E-state index >= 15 is 0 Å². The maximum absolute atomic E-state index is 13.7. The van der Waals surface area contributed by atoms with Gasteiger partial charge in [0.25, 0.3) is 5.91 Å². The number of aryl methyl sites for hydroxylation is 1. The van der Waals surface area contributed by atoms with Crippen molar-refractivity contribution in [2.24, 2.45) is 0 Å². The fraction of sp³-hybridized carbons (Fsp3) is 0.143. The molecule has 1 atom stereocenters. The van der Waals surface area contributed by atoms with Crippen LogP contribution in [0.25, 0.3) is 11.0 Å². The Kier molecular flexibility index (Phi) is 5.78. The van der Waals surface area contributed by atoms with Crippen LogP contribution in [-0.2, 0) is 11.0 Å². The lowest BCUT2D eigenvalue weighted by Gasteiger charge is -2.27. The van der Waals surface area contributed by atoms with Gasteiger partial charge in [-0.25, -0.2) is 0 Å². The number of carbonyl (C=O) groups is 2. The van der Waals surface area contributed by atoms with Crippen molar-refractivity contribution in [3.8, 4) is 5.75 Å². The third-order valence-electron chi connectivity index (χ3n) is 6.21. The number of fused-ring (bicyclic) bond motifs is 1. The van der Waals surface area contributed by atoms with E-state index in [4.69, 9.17) is 9.15 Å². The molecule has 1 aliphatic rings. The molecule has 9 heteroatoms. The van der Waals surface area contributed by atoms with Crippen LogP contribution in [0, 0.1) is 6.92 Å². The number of hydrogen-bond donors (Lipinski definition) is 1. The van der Waals surface area contributed by atoms with Gasteiger partial charge in [-0.3, -0.25) is 14.5 Å². The molecule has 6 nitrogen and oxygen atoms in total. The van der Waals surface area contributed by atoms with Crippen LogP contribution >= 0.6 is 0 Å². The second-order valence-electron chi connectivity index (χ2n) is 8.62. The van der Waals surface area contributed by atoms with Crippen LogP contribution < -0.4 is 9.64 Å². The van der Waals surface area contributed by atoms with Crippen LogP contribution in [0.15, 0.2) is 88.5 Å². The Hall–Kier alpha value is -4.53. The molecule has 1 N–H and O–H groups in total. The SMILES string of the molecule is COc1cccc2cc(C(=O)C3=C(O)C(=O)N(c4cccc(C(F)(F)F)c4)C3c3cccc(C)c3)oc12. The molecule has 1 amide bonds. The Labute approximate surface area is 209 Å². The number of para-hydroxylation sites is 1. The molecule has 0 spiro atoms. The molecule has 5 rings (SSSR count). The van der Waals surface area contributed by atoms with E-state index in [1.54, 1.807) is 49.4 Å². The van der Waals surface area contributed by atoms with Gasteiger partial charge in [0.2, 0.25) is 5.78 Å². The van der Waals surface area contributed by atoms with Gasteiger partial charge in [0.05, 0.1) is 24.3 Å². The van der Waals surface area contributed by atoms with Gasteiger partial charge in [0, 0.05) is 11.1 Å². The molecule has 0 bridgehead atoms. The number of Topliss-reactive ketones (excluding diaryl/α,β-unsaturated/α-hetero) is 1. The van der Waals surface area contributed by atoms with Crippen LogP contribution in [0.3, 0.4) is 0 Å². The van der Waals surface area contributed by atoms with Crippen molar-refractivity contribution in [3.63, 3.8) is 0 Å². The van der Waals surface area contributed by atoms with E-state index in [0.29, 0.717) is 22.3 Å². The number of amides is 1. The molecule has 0 aliphatic carbocycles. The van der Waals surface area contributed by atoms with E-state index in [9.17, 15) is 27.9 Å². The number of aliphatic hydroxyl groups is 1. The molecule has 1 aromatic heterocycles. The first kappa shape index (κ1) is 24.2. The average Bonchev–Trinajstić information content (AvgIpc) is 3.42. The van der Waals surface area contributed by atoms with Crippen molar-refractivity contribution in [3.05, 3.63) is 107 Å². The van der Waals surface area contributed by atoms with E-state index in [0.717, 1.165) is 22.6 Å². The predicted molar refractivity (Wildman–Crippen MR) is 130 cm³/mol. The van der Waals surface area contributed by atoms with Gasteiger partial charge in [-0.15, -0.1) is 0 Å². The van der Waals surface area contributed by atoms with E-state index in [1.807, 2.05) is 0 Å². The topological polar surface area (TPSA) is 80.0 Å². The predicted octanol–water partition coefficient (Wildman–Crippen LogP) is 6.55. The zero-order valence-electron chi connectivity index (χ0n) is 19.7. The smallest absolute Gasteiger partial charge is 0.416 e. The summed E-state index contributed by atoms with van der Waals surface area (Å²) in [5.41, 5.74) is 0.148. The monoisotopic (exact) mass is 507 g/mol. The molecular weight excluding hydrogens is 487 g/mol. The van der Waals surface area contributed by atoms with Crippen molar-refractivity contribution in [1.82, 2.24) is 0 Å². The number of nitrogens with zero attached hydrogens (tertiary/aromatic N) is 1. The fourth-order valence-electron chi connectivity index (χ4n) is 4.53. The van der Waals surface area contributed by atoms with Gasteiger partial charge in [-0.05, 0) is 42.8 Å². The number of ketones is 1. The molecular formula is C28H20F3NO5. The molecule has 37 heavy (non-hydrogen) atoms. The Morgan fingerprint density at radius 3 is 2.46 bits per heavy atom. The van der Waals surface area contributed by atoms with Gasteiger partial charge in [0.15, 0.2) is 22.9 Å². The van der Waals surface area contributed by atoms with Gasteiger partial charge in [-0.2, -0.15) is 13.2 Å². The highest BCUT2D eigenvalue weighted by atomic mass is 19.4. The van der Waals surface area contributed by atoms with Gasteiger partial charge in [-0.1, -0.05) is 48.0 Å². The van der Waals surface area contributed by atoms with Crippen LogP contribution in [0.4, 0.5) is 18.9 Å². The summed E-state index contributed by atoms with van der Waals surface area (Å²) in [6.07, 6.45) is -4.65. The minimum Gasteiger partial charge on any atom is -0.503 e. The number of benzene rings is 3. The summed E-state index contributed by atoms with van der Waals surface area (Å²) in [5, 5.41) is 11.5. The zero-order valence-corrected chi connectivity index (χ0v) is 19.7. The first-order chi connectivity index (χ1) is 17.6. The van der Waals surface area contributed by atoms with E-state index in [1.165, 1.54) is 25.3 Å². The Bertz CT molecular complexity index is 1580. The Balaban J connectivity index is 1.67. The molecule has 0 saturated carbocycles. The van der Waals surface area contributed by atoms with Crippen LogP contribution in [0.2, 0.25) is 0 Å². The van der Waals surface area contributed by atoms with Crippen molar-refractivity contribution in [2.75, 3.05) is 12.0 Å². The van der Waals surface area contributed by atoms with E-state index in [-0.39, 0.29) is 17.0 Å². The normalized spacial score (nSPS) is 16.1. The number of ether oxygens (including phenoxy) is 1. The number of alkyl halides is 3. The van der Waals surface area contributed by atoms with E-state index < -0.39 is 35.2 Å². The van der Waals surface area contributed by atoms with Gasteiger partial charge < -0.3 is 14.3 Å². The molecule has 188 valence electrons. The fourth-order valence-corrected chi connectivity index (χ4v) is 4.53. The standard InChI is InChI=1S/C28H20F3NO5/c1-15-6-3-7-16(12-15)23-22(24(33)21-13-17-8-4-11-20(36-2)26(17)37-21)25(34)27(35)32(23)19-10-5-9-18(14-19)28(29,30)31/h3-14,23,34H,1-2H3. The van der Waals surface area contributed by atoms with Crippen molar-refractivity contribution >= 4 is 28.3 Å². The summed E-state index contributed by atoms with van der Waals surface area (Å²) < 4.78 is 51.4. The maximum Gasteiger partial charge on any atom is 0.416 e. The molecule has 3 aromatic carbocycles. The number of carbonyl (C=O) groups excluding carboxylic acids is 2. The number of methoxy groups -OCH3 is 1. The molecule has 4 aromatic rings. The second-order valence-corrected chi connectivity index (χ2v) is 8.62. The molecule has 0 fully saturated rings. The zero-order chi connectivity index (χ0) is 26.5. The largest absolute Gasteiger partial charge is 0.503 e. The third kappa shape index (κ3) is 4.12. The first-order valence-corrected chi connectivity index (χ1v) is 11.2. The molecule has 2 heterocycles. The number of halogens is 3. The summed E-state index contributed by atoms with van der Waals surface area (Å²) in [7, 11) is 1.45. The number of anilines is 1. The molecule has 1 unspecified atom stereocenters. The van der Waals surface area contributed by atoms with Crippen molar-refractivity contribution in [2.45, 2.75) is 19.1 Å². The highest BCUT2D eigenvalue weighted by Crippen LogP contribution is 2.44. The number of aliphatic hydroxyl groups excluding tert-OH is 1. The lowest BCUT2D eigenvalue weighted by atomic mass is 9.93. The Morgan fingerprint density at radius 1 is 1.03 bits per heavy atom. The van der Waals surface area contributed by atoms with Gasteiger partial charge in [0.1, 0.15) is 0 Å². The summed E-state index contributed by atoms with van der Waals surface area (Å²) >= 11 is 0. The lowest BCUT2D eigenvalue weighted by molar-refractivity contribution is -0.137. The minimum atomic E-state index is -4.65. The Morgan fingerprint density at radius 2 is 1.76 bits per heavy atom. The van der Waals surface area contributed by atoms with Crippen LogP contribution in [0.5, 0.6) is 5.75 Å². The number of furan rings is 1. The highest BCUT2D eigenvalue weighted by molar-refractivity contribution is 6.20. The number of rotatable bonds is 5. The maximum atomic E-state index is 13.7. The molecule has 0 radical (unpaired) electrons. The lowest BCUT2D eigenvalue weighted by Crippen LogP contribution is -2.31. The van der Waals surface area contributed by atoms with E-state index in [2.05, 4.69) is 0 Å². The summed E-state index contributed by atoms with van der Waals surface area (Å²) in [6.45, 7) is 1.80. The summed E-state index contributed by atoms with van der Waals surface area (Å²) in [5.74, 6) is -2.40. The first-order valence-electron chi connectivity index (χ1n) is 11.2. The highest BCUT2D eigenvalue weighted by Gasteiger charge is 2.46. The minimum absolute atomic E-state index is 0.119. The molecule has 1 aliphatic heterocycles. The summed E-state index contributed by atoms with van der Waals surface area (Å²) in [4.78, 5) is 28.0. The average molecular weight is 507 g/mol. The second kappa shape index (κ2) is 8.85. The van der Waals surface area contributed by atoms with Crippen LogP contribution in [-0.4, -0.2) is 23.9 Å². The van der Waals surface area contributed by atoms with Crippen molar-refractivity contribution in [1.29, 1.82) is 0 Å². The summed E-state index contributed by atoms with van der Waals surface area (Å²) in [6, 6.07) is 16.4. The van der Waals surface area contributed by atoms with Crippen LogP contribution in [0.1, 0.15) is 33.3 Å². The third-order valence-corrected chi connectivity index (χ3v) is 6.21.